The monoisotopic (exact) mass is 278 g/mol. The molecule has 0 aliphatic heterocycles. The van der Waals surface area contributed by atoms with Gasteiger partial charge in [0.1, 0.15) is 5.82 Å². The van der Waals surface area contributed by atoms with E-state index in [1.807, 2.05) is 0 Å². The molecule has 0 aliphatic carbocycles. The summed E-state index contributed by atoms with van der Waals surface area (Å²) in [5.74, 6) is 0.209. The molecular formula is C14H19FN4O. The summed E-state index contributed by atoms with van der Waals surface area (Å²) in [4.78, 5) is 0. The molecule has 108 valence electrons. The average molecular weight is 278 g/mol. The van der Waals surface area contributed by atoms with Crippen molar-refractivity contribution in [1.29, 1.82) is 0 Å². The number of anilines is 2. The molecule has 5 nitrogen and oxygen atoms in total. The molecule has 20 heavy (non-hydrogen) atoms. The van der Waals surface area contributed by atoms with Crippen molar-refractivity contribution in [2.24, 2.45) is 0 Å². The molecule has 2 rings (SSSR count). The van der Waals surface area contributed by atoms with Gasteiger partial charge in [-0.25, -0.2) is 4.39 Å². The number of benzene rings is 1. The summed E-state index contributed by atoms with van der Waals surface area (Å²) < 4.78 is 18.9. The minimum absolute atomic E-state index is 0.0266. The number of nitrogens with one attached hydrogen (secondary N) is 2. The zero-order chi connectivity index (χ0) is 14.8. The van der Waals surface area contributed by atoms with E-state index in [0.29, 0.717) is 23.7 Å². The van der Waals surface area contributed by atoms with Crippen LogP contribution in [0, 0.1) is 12.7 Å². The SMILES string of the molecule is Cc1c(F)cccc1Nc1nnc(CNC(C)(C)C)o1. The highest BCUT2D eigenvalue weighted by atomic mass is 19.1. The molecule has 1 aromatic carbocycles. The number of aromatic nitrogens is 2. The number of rotatable bonds is 4. The average Bonchev–Trinajstić information content (AvgIpc) is 2.80. The van der Waals surface area contributed by atoms with Crippen molar-refractivity contribution >= 4 is 11.7 Å². The molecule has 0 atom stereocenters. The fourth-order valence-electron chi connectivity index (χ4n) is 1.57. The Balaban J connectivity index is 2.04. The van der Waals surface area contributed by atoms with Gasteiger partial charge in [0.15, 0.2) is 0 Å². The molecule has 1 aromatic heterocycles. The molecule has 0 saturated heterocycles. The van der Waals surface area contributed by atoms with Gasteiger partial charge in [-0.2, -0.15) is 0 Å². The van der Waals surface area contributed by atoms with Gasteiger partial charge in [-0.1, -0.05) is 11.2 Å². The molecule has 0 aliphatic rings. The predicted octanol–water partition coefficient (Wildman–Crippen LogP) is 3.15. The van der Waals surface area contributed by atoms with Gasteiger partial charge in [0.25, 0.3) is 0 Å². The molecule has 0 fully saturated rings. The van der Waals surface area contributed by atoms with E-state index < -0.39 is 0 Å². The van der Waals surface area contributed by atoms with Crippen molar-refractivity contribution in [3.05, 3.63) is 35.5 Å². The van der Waals surface area contributed by atoms with Crippen LogP contribution in [0.2, 0.25) is 0 Å². The highest BCUT2D eigenvalue weighted by Gasteiger charge is 2.13. The minimum atomic E-state index is -0.274. The fourth-order valence-corrected chi connectivity index (χ4v) is 1.57. The topological polar surface area (TPSA) is 63.0 Å². The van der Waals surface area contributed by atoms with Crippen LogP contribution in [-0.4, -0.2) is 15.7 Å². The largest absolute Gasteiger partial charge is 0.406 e. The van der Waals surface area contributed by atoms with Crippen LogP contribution in [0.1, 0.15) is 32.2 Å². The van der Waals surface area contributed by atoms with Crippen molar-refractivity contribution in [3.8, 4) is 0 Å². The third-order valence-electron chi connectivity index (χ3n) is 2.75. The molecule has 1 heterocycles. The van der Waals surface area contributed by atoms with Crippen LogP contribution in [0.4, 0.5) is 16.1 Å². The molecule has 6 heteroatoms. The molecule has 0 radical (unpaired) electrons. The van der Waals surface area contributed by atoms with E-state index in [-0.39, 0.29) is 17.4 Å². The third kappa shape index (κ3) is 3.77. The lowest BCUT2D eigenvalue weighted by Crippen LogP contribution is -2.35. The predicted molar refractivity (Wildman–Crippen MR) is 75.3 cm³/mol. The van der Waals surface area contributed by atoms with Crippen molar-refractivity contribution in [2.75, 3.05) is 5.32 Å². The Hall–Kier alpha value is -1.95. The van der Waals surface area contributed by atoms with Crippen molar-refractivity contribution in [3.63, 3.8) is 0 Å². The summed E-state index contributed by atoms with van der Waals surface area (Å²) in [7, 11) is 0. The van der Waals surface area contributed by atoms with Crippen molar-refractivity contribution < 1.29 is 8.81 Å². The van der Waals surface area contributed by atoms with Gasteiger partial charge in [0.05, 0.1) is 6.54 Å². The molecule has 0 spiro atoms. The molecule has 2 N–H and O–H groups in total. The van der Waals surface area contributed by atoms with Gasteiger partial charge in [-0.15, -0.1) is 5.10 Å². The van der Waals surface area contributed by atoms with Gasteiger partial charge in [-0.05, 0) is 39.8 Å². The van der Waals surface area contributed by atoms with Gasteiger partial charge in [0, 0.05) is 16.8 Å². The Morgan fingerprint density at radius 1 is 1.25 bits per heavy atom. The van der Waals surface area contributed by atoms with Crippen molar-refractivity contribution in [1.82, 2.24) is 15.5 Å². The minimum Gasteiger partial charge on any atom is -0.406 e. The summed E-state index contributed by atoms with van der Waals surface area (Å²) >= 11 is 0. The first-order valence-corrected chi connectivity index (χ1v) is 6.45. The van der Waals surface area contributed by atoms with E-state index in [2.05, 4.69) is 41.6 Å². The van der Waals surface area contributed by atoms with Crippen LogP contribution in [0.3, 0.4) is 0 Å². The molecule has 2 aromatic rings. The second kappa shape index (κ2) is 5.58. The Morgan fingerprint density at radius 2 is 2.00 bits per heavy atom. The lowest BCUT2D eigenvalue weighted by Gasteiger charge is -2.18. The van der Waals surface area contributed by atoms with Crippen LogP contribution in [-0.2, 0) is 6.54 Å². The van der Waals surface area contributed by atoms with Gasteiger partial charge in [0.2, 0.25) is 5.89 Å². The summed E-state index contributed by atoms with van der Waals surface area (Å²) in [5, 5.41) is 14.0. The third-order valence-corrected chi connectivity index (χ3v) is 2.75. The molecule has 0 amide bonds. The standard InChI is InChI=1S/C14H19FN4O/c1-9-10(15)6-5-7-11(9)17-13-19-18-12(20-13)8-16-14(2,3)4/h5-7,16H,8H2,1-4H3,(H,17,19). The summed E-state index contributed by atoms with van der Waals surface area (Å²) in [6, 6.07) is 5.05. The molecular weight excluding hydrogens is 259 g/mol. The summed E-state index contributed by atoms with van der Waals surface area (Å²) in [5.41, 5.74) is 1.10. The molecule has 0 unspecified atom stereocenters. The number of nitrogens with zero attached hydrogens (tertiary/aromatic N) is 2. The Labute approximate surface area is 117 Å². The molecule has 0 saturated carbocycles. The first kappa shape index (κ1) is 14.5. The first-order chi connectivity index (χ1) is 9.35. The Morgan fingerprint density at radius 3 is 2.70 bits per heavy atom. The Bertz CT molecular complexity index is 589. The lowest BCUT2D eigenvalue weighted by atomic mass is 10.1. The Kier molecular flexibility index (Phi) is 4.04. The van der Waals surface area contributed by atoms with E-state index in [4.69, 9.17) is 4.42 Å². The maximum Gasteiger partial charge on any atom is 0.320 e. The maximum absolute atomic E-state index is 13.4. The highest BCUT2D eigenvalue weighted by molar-refractivity contribution is 5.57. The highest BCUT2D eigenvalue weighted by Crippen LogP contribution is 2.21. The maximum atomic E-state index is 13.4. The van der Waals surface area contributed by atoms with E-state index in [1.54, 1.807) is 19.1 Å². The van der Waals surface area contributed by atoms with Crippen LogP contribution in [0.15, 0.2) is 22.6 Å². The zero-order valence-corrected chi connectivity index (χ0v) is 12.1. The normalized spacial score (nSPS) is 11.7. The first-order valence-electron chi connectivity index (χ1n) is 6.45. The second-order valence-electron chi connectivity index (χ2n) is 5.64. The van der Waals surface area contributed by atoms with E-state index >= 15 is 0 Å². The van der Waals surface area contributed by atoms with Crippen LogP contribution in [0.5, 0.6) is 0 Å². The van der Waals surface area contributed by atoms with E-state index in [1.165, 1.54) is 6.07 Å². The zero-order valence-electron chi connectivity index (χ0n) is 12.1. The van der Waals surface area contributed by atoms with Gasteiger partial charge < -0.3 is 15.1 Å². The quantitative estimate of drug-likeness (QED) is 0.899. The molecule has 0 bridgehead atoms. The van der Waals surface area contributed by atoms with Crippen LogP contribution in [0.25, 0.3) is 0 Å². The smallest absolute Gasteiger partial charge is 0.320 e. The number of hydrogen-bond acceptors (Lipinski definition) is 5. The van der Waals surface area contributed by atoms with Gasteiger partial charge >= 0.3 is 6.01 Å². The lowest BCUT2D eigenvalue weighted by molar-refractivity contribution is 0.384. The number of hydrogen-bond donors (Lipinski definition) is 2. The fraction of sp³-hybridized carbons (Fsp3) is 0.429. The summed E-state index contributed by atoms with van der Waals surface area (Å²) in [6.07, 6.45) is 0. The van der Waals surface area contributed by atoms with Crippen LogP contribution < -0.4 is 10.6 Å². The van der Waals surface area contributed by atoms with Crippen molar-refractivity contribution in [2.45, 2.75) is 39.8 Å². The van der Waals surface area contributed by atoms with E-state index in [9.17, 15) is 4.39 Å². The van der Waals surface area contributed by atoms with Crippen LogP contribution >= 0.6 is 0 Å². The number of halogens is 1. The summed E-state index contributed by atoms with van der Waals surface area (Å²) in [6.45, 7) is 8.34. The van der Waals surface area contributed by atoms with E-state index in [0.717, 1.165) is 0 Å². The second-order valence-corrected chi connectivity index (χ2v) is 5.64. The van der Waals surface area contributed by atoms with Gasteiger partial charge in [-0.3, -0.25) is 0 Å².